The molecule has 0 bridgehead atoms. The Kier molecular flexibility index (Phi) is 5.80. The SMILES string of the molecule is NC(=O)c1cn(-c2ccc(Oc3ccnc(N)c3Cl)c(F)c2)cc(-c2ccc(F)cc2)c1=O. The molecule has 0 aliphatic carbocycles. The lowest BCUT2D eigenvalue weighted by Crippen LogP contribution is -2.24. The molecule has 0 spiro atoms. The minimum absolute atomic E-state index is 0.0340. The molecule has 7 nitrogen and oxygen atoms in total. The maximum absolute atomic E-state index is 14.8. The summed E-state index contributed by atoms with van der Waals surface area (Å²) in [6, 6.07) is 10.6. The van der Waals surface area contributed by atoms with Crippen molar-refractivity contribution in [1.29, 1.82) is 0 Å². The Morgan fingerprint density at radius 2 is 1.76 bits per heavy atom. The van der Waals surface area contributed by atoms with Crippen molar-refractivity contribution in [3.8, 4) is 28.3 Å². The summed E-state index contributed by atoms with van der Waals surface area (Å²) in [6.07, 6.45) is 3.97. The first-order chi connectivity index (χ1) is 15.7. The van der Waals surface area contributed by atoms with Crippen molar-refractivity contribution >= 4 is 23.3 Å². The van der Waals surface area contributed by atoms with Crippen LogP contribution < -0.4 is 21.6 Å². The molecule has 2 aromatic heterocycles. The summed E-state index contributed by atoms with van der Waals surface area (Å²) in [5.74, 6) is -2.18. The predicted molar refractivity (Wildman–Crippen MR) is 120 cm³/mol. The third kappa shape index (κ3) is 4.39. The Morgan fingerprint density at radius 3 is 2.42 bits per heavy atom. The van der Waals surface area contributed by atoms with Gasteiger partial charge >= 0.3 is 0 Å². The third-order valence-corrected chi connectivity index (χ3v) is 5.14. The highest BCUT2D eigenvalue weighted by atomic mass is 35.5. The van der Waals surface area contributed by atoms with Gasteiger partial charge in [-0.3, -0.25) is 9.59 Å². The Bertz CT molecular complexity index is 1440. The summed E-state index contributed by atoms with van der Waals surface area (Å²) in [6.45, 7) is 0. The van der Waals surface area contributed by atoms with Crippen LogP contribution in [0.4, 0.5) is 14.6 Å². The largest absolute Gasteiger partial charge is 0.453 e. The highest BCUT2D eigenvalue weighted by Crippen LogP contribution is 2.33. The molecule has 0 saturated carbocycles. The molecule has 0 saturated heterocycles. The van der Waals surface area contributed by atoms with Crippen molar-refractivity contribution in [2.45, 2.75) is 0 Å². The minimum atomic E-state index is -0.956. The quantitative estimate of drug-likeness (QED) is 0.453. The van der Waals surface area contributed by atoms with Gasteiger partial charge in [0.05, 0.1) is 0 Å². The number of benzene rings is 2. The van der Waals surface area contributed by atoms with E-state index in [4.69, 9.17) is 27.8 Å². The molecule has 1 amide bonds. The number of nitrogen functional groups attached to an aromatic ring is 1. The number of amides is 1. The molecule has 0 aliphatic rings. The molecule has 2 heterocycles. The average Bonchev–Trinajstić information content (AvgIpc) is 2.79. The number of nitrogens with zero attached hydrogens (tertiary/aromatic N) is 2. The van der Waals surface area contributed by atoms with Gasteiger partial charge in [-0.15, -0.1) is 0 Å². The van der Waals surface area contributed by atoms with Crippen LogP contribution in [0, 0.1) is 11.6 Å². The van der Waals surface area contributed by atoms with Gasteiger partial charge in [-0.25, -0.2) is 13.8 Å². The molecular formula is C23H15ClF2N4O3. The number of anilines is 1. The van der Waals surface area contributed by atoms with Crippen LogP contribution in [0.5, 0.6) is 11.5 Å². The van der Waals surface area contributed by atoms with Crippen LogP contribution in [0.25, 0.3) is 16.8 Å². The molecule has 4 N–H and O–H groups in total. The topological polar surface area (TPSA) is 113 Å². The molecule has 0 radical (unpaired) electrons. The van der Waals surface area contributed by atoms with E-state index >= 15 is 0 Å². The van der Waals surface area contributed by atoms with E-state index in [2.05, 4.69) is 4.98 Å². The number of ether oxygens (including phenoxy) is 1. The maximum atomic E-state index is 14.8. The van der Waals surface area contributed by atoms with Crippen molar-refractivity contribution in [2.75, 3.05) is 5.73 Å². The van der Waals surface area contributed by atoms with Gasteiger partial charge in [-0.05, 0) is 29.8 Å². The van der Waals surface area contributed by atoms with Crippen molar-refractivity contribution in [2.24, 2.45) is 5.73 Å². The number of hydrogen-bond acceptors (Lipinski definition) is 5. The summed E-state index contributed by atoms with van der Waals surface area (Å²) in [4.78, 5) is 28.4. The first-order valence-electron chi connectivity index (χ1n) is 9.44. The average molecular weight is 469 g/mol. The Morgan fingerprint density at radius 1 is 1.03 bits per heavy atom. The van der Waals surface area contributed by atoms with E-state index in [1.165, 1.54) is 65.6 Å². The number of carbonyl (C=O) groups is 1. The summed E-state index contributed by atoms with van der Waals surface area (Å²) >= 11 is 6.03. The monoisotopic (exact) mass is 468 g/mol. The van der Waals surface area contributed by atoms with Gasteiger partial charge in [0.1, 0.15) is 22.2 Å². The molecule has 0 fully saturated rings. The number of carbonyl (C=O) groups excluding carboxylic acids is 1. The van der Waals surface area contributed by atoms with Gasteiger partial charge in [0.2, 0.25) is 5.43 Å². The van der Waals surface area contributed by atoms with Crippen LogP contribution in [-0.4, -0.2) is 15.5 Å². The molecule has 166 valence electrons. The van der Waals surface area contributed by atoms with E-state index in [0.29, 0.717) is 5.56 Å². The Labute approximate surface area is 190 Å². The lowest BCUT2D eigenvalue weighted by molar-refractivity contribution is 0.0998. The molecule has 10 heteroatoms. The summed E-state index contributed by atoms with van der Waals surface area (Å²) in [5.41, 5.74) is 10.8. The number of primary amides is 1. The fourth-order valence-corrected chi connectivity index (χ4v) is 3.26. The number of pyridine rings is 2. The number of hydrogen-bond donors (Lipinski definition) is 2. The fourth-order valence-electron chi connectivity index (χ4n) is 3.11. The van der Waals surface area contributed by atoms with Crippen molar-refractivity contribution in [1.82, 2.24) is 9.55 Å². The normalized spacial score (nSPS) is 10.8. The molecule has 0 unspecified atom stereocenters. The fraction of sp³-hybridized carbons (Fsp3) is 0. The number of nitrogens with two attached hydrogens (primary N) is 2. The van der Waals surface area contributed by atoms with Crippen molar-refractivity contribution in [3.63, 3.8) is 0 Å². The second kappa shape index (κ2) is 8.71. The van der Waals surface area contributed by atoms with Gasteiger partial charge in [0, 0.05) is 42.0 Å². The van der Waals surface area contributed by atoms with E-state index in [1.54, 1.807) is 0 Å². The van der Waals surface area contributed by atoms with Gasteiger partial charge in [0.25, 0.3) is 5.91 Å². The van der Waals surface area contributed by atoms with E-state index in [0.717, 1.165) is 6.07 Å². The van der Waals surface area contributed by atoms with Gasteiger partial charge in [-0.1, -0.05) is 23.7 Å². The second-order valence-corrected chi connectivity index (χ2v) is 7.30. The lowest BCUT2D eigenvalue weighted by Gasteiger charge is -2.14. The van der Waals surface area contributed by atoms with Crippen LogP contribution in [0.15, 0.2) is 71.9 Å². The molecule has 4 rings (SSSR count). The standard InChI is InChI=1S/C23H15ClF2N4O3/c24-20-19(7-8-29-22(20)27)33-18-6-5-14(9-17(18)26)30-10-15(12-1-3-13(25)4-2-12)21(31)16(11-30)23(28)32/h1-11H,(H2,27,29)(H2,28,32). The third-order valence-electron chi connectivity index (χ3n) is 4.76. The van der Waals surface area contributed by atoms with Crippen LogP contribution in [-0.2, 0) is 0 Å². The van der Waals surface area contributed by atoms with E-state index < -0.39 is 23.0 Å². The molecule has 4 aromatic rings. The Hall–Kier alpha value is -4.24. The van der Waals surface area contributed by atoms with Crippen LogP contribution in [0.2, 0.25) is 5.02 Å². The molecule has 0 atom stereocenters. The zero-order valence-electron chi connectivity index (χ0n) is 16.8. The van der Waals surface area contributed by atoms with E-state index in [1.807, 2.05) is 0 Å². The minimum Gasteiger partial charge on any atom is -0.453 e. The van der Waals surface area contributed by atoms with Crippen molar-refractivity contribution < 1.29 is 18.3 Å². The predicted octanol–water partition coefficient (Wildman–Crippen LogP) is 4.30. The van der Waals surface area contributed by atoms with E-state index in [9.17, 15) is 18.4 Å². The van der Waals surface area contributed by atoms with Crippen LogP contribution in [0.1, 0.15) is 10.4 Å². The summed E-state index contributed by atoms with van der Waals surface area (Å²) in [5, 5.41) is 0.0384. The number of halogens is 3. The number of rotatable bonds is 5. The zero-order valence-corrected chi connectivity index (χ0v) is 17.5. The first kappa shape index (κ1) is 22.0. The molecule has 0 aliphatic heterocycles. The van der Waals surface area contributed by atoms with E-state index in [-0.39, 0.29) is 39.2 Å². The van der Waals surface area contributed by atoms with Gasteiger partial charge in [0.15, 0.2) is 17.3 Å². The van der Waals surface area contributed by atoms with Crippen LogP contribution in [0.3, 0.4) is 0 Å². The second-order valence-electron chi connectivity index (χ2n) is 6.92. The Balaban J connectivity index is 1.78. The van der Waals surface area contributed by atoms with Gasteiger partial charge in [-0.2, -0.15) is 0 Å². The first-order valence-corrected chi connectivity index (χ1v) is 9.82. The smallest absolute Gasteiger partial charge is 0.254 e. The summed E-state index contributed by atoms with van der Waals surface area (Å²) < 4.78 is 35.0. The highest BCUT2D eigenvalue weighted by molar-refractivity contribution is 6.34. The number of aromatic nitrogens is 2. The highest BCUT2D eigenvalue weighted by Gasteiger charge is 2.16. The van der Waals surface area contributed by atoms with Crippen molar-refractivity contribution in [3.05, 3.63) is 99.6 Å². The molecule has 33 heavy (non-hydrogen) atoms. The van der Waals surface area contributed by atoms with Crippen LogP contribution >= 0.6 is 11.6 Å². The lowest BCUT2D eigenvalue weighted by atomic mass is 10.0. The van der Waals surface area contributed by atoms with Gasteiger partial charge < -0.3 is 20.8 Å². The molecule has 2 aromatic carbocycles. The zero-order chi connectivity index (χ0) is 23.7. The molecular weight excluding hydrogens is 454 g/mol. The maximum Gasteiger partial charge on any atom is 0.254 e. The summed E-state index contributed by atoms with van der Waals surface area (Å²) in [7, 11) is 0.